The van der Waals surface area contributed by atoms with Gasteiger partial charge in [0.1, 0.15) is 21.2 Å². The lowest BCUT2D eigenvalue weighted by molar-refractivity contribution is -0.140. The molecule has 0 saturated carbocycles. The molecule has 2 bridgehead atoms. The summed E-state index contributed by atoms with van der Waals surface area (Å²) < 4.78 is 6.00. The number of carbonyl (C=O) groups excluding carboxylic acids is 3. The number of hydrogen-bond acceptors (Lipinski definition) is 4. The number of carbonyl (C=O) groups is 3. The summed E-state index contributed by atoms with van der Waals surface area (Å²) in [5.41, 5.74) is 3.55. The van der Waals surface area contributed by atoms with Gasteiger partial charge in [-0.15, -0.1) is 23.2 Å². The van der Waals surface area contributed by atoms with Crippen LogP contribution in [0.5, 0.6) is 11.5 Å². The molecule has 5 aromatic rings. The summed E-state index contributed by atoms with van der Waals surface area (Å²) in [6.07, 6.45) is -0.0727. The second-order valence-electron chi connectivity index (χ2n) is 11.7. The minimum atomic E-state index is -1.24. The maximum absolute atomic E-state index is 14.0. The van der Waals surface area contributed by atoms with Crippen LogP contribution in [-0.4, -0.2) is 29.2 Å². The van der Waals surface area contributed by atoms with Crippen LogP contribution in [0.1, 0.15) is 28.7 Å². The molecule has 6 nitrogen and oxygen atoms in total. The molecular weight excluding hydrogens is 607 g/mol. The monoisotopic (exact) mass is 632 g/mol. The Morgan fingerprint density at radius 2 is 1.16 bits per heavy atom. The van der Waals surface area contributed by atoms with E-state index in [1.165, 1.54) is 4.90 Å². The standard InChI is InChI=1S/C37H26Cl2N2O4/c38-36-27-9-3-4-10-28(27)37(39,30-12-6-5-11-29(30)36)33-32(36)34(43)41(35(33)44)20-19-31(42)40-24-14-17-25(18-15-24)45-26-16-13-22-7-1-2-8-23(22)21-26/h1-18,21,32-33H,19-20H2,(H,40,42)/t32-,33-,36?,37?/m1/s1. The van der Waals surface area contributed by atoms with Gasteiger partial charge in [0.2, 0.25) is 17.7 Å². The quantitative estimate of drug-likeness (QED) is 0.155. The van der Waals surface area contributed by atoms with Crippen LogP contribution < -0.4 is 10.1 Å². The van der Waals surface area contributed by atoms with Crippen molar-refractivity contribution in [3.63, 3.8) is 0 Å². The predicted octanol–water partition coefficient (Wildman–Crippen LogP) is 7.55. The van der Waals surface area contributed by atoms with E-state index in [-0.39, 0.29) is 18.9 Å². The Labute approximate surface area is 269 Å². The maximum Gasteiger partial charge on any atom is 0.235 e. The number of amides is 3. The largest absolute Gasteiger partial charge is 0.457 e. The number of likely N-dealkylation sites (tertiary alicyclic amines) is 1. The molecule has 1 fully saturated rings. The van der Waals surface area contributed by atoms with E-state index < -0.39 is 33.4 Å². The van der Waals surface area contributed by atoms with Crippen LogP contribution in [0.4, 0.5) is 5.69 Å². The number of benzene rings is 5. The lowest BCUT2D eigenvalue weighted by Crippen LogP contribution is -2.57. The second kappa shape index (κ2) is 10.2. The van der Waals surface area contributed by atoms with Crippen LogP contribution in [-0.2, 0) is 24.1 Å². The molecule has 0 radical (unpaired) electrons. The van der Waals surface area contributed by atoms with E-state index in [1.807, 2.05) is 91.0 Å². The summed E-state index contributed by atoms with van der Waals surface area (Å²) in [5, 5.41) is 5.06. The number of imide groups is 1. The fraction of sp³-hybridized carbons (Fsp3) is 0.162. The Hall–Kier alpha value is -4.65. The normalized spacial score (nSPS) is 24.3. The average Bonchev–Trinajstić information content (AvgIpc) is 3.33. The van der Waals surface area contributed by atoms with E-state index in [2.05, 4.69) is 5.32 Å². The number of nitrogens with one attached hydrogen (secondary N) is 1. The first-order valence-electron chi connectivity index (χ1n) is 14.8. The number of halogens is 2. The summed E-state index contributed by atoms with van der Waals surface area (Å²) in [4.78, 5) is 39.6. The van der Waals surface area contributed by atoms with Gasteiger partial charge < -0.3 is 10.1 Å². The van der Waals surface area contributed by atoms with E-state index in [4.69, 9.17) is 27.9 Å². The number of nitrogens with zero attached hydrogens (tertiary/aromatic N) is 1. The summed E-state index contributed by atoms with van der Waals surface area (Å²) in [7, 11) is 0. The van der Waals surface area contributed by atoms with Crippen molar-refractivity contribution in [3.8, 4) is 11.5 Å². The molecule has 1 aliphatic heterocycles. The van der Waals surface area contributed by atoms with Crippen molar-refractivity contribution < 1.29 is 19.1 Å². The number of rotatable bonds is 6. The van der Waals surface area contributed by atoms with Crippen molar-refractivity contribution in [1.82, 2.24) is 4.90 Å². The number of fused-ring (bicyclic) bond motifs is 1. The molecule has 1 saturated heterocycles. The Balaban J connectivity index is 0.974. The smallest absolute Gasteiger partial charge is 0.235 e. The van der Waals surface area contributed by atoms with Crippen LogP contribution in [0.25, 0.3) is 10.8 Å². The number of alkyl halides is 2. The molecule has 8 heteroatoms. The van der Waals surface area contributed by atoms with E-state index in [9.17, 15) is 14.4 Å². The highest BCUT2D eigenvalue weighted by Gasteiger charge is 2.72. The Bertz CT molecular complexity index is 1920. The molecule has 2 atom stereocenters. The highest BCUT2D eigenvalue weighted by atomic mass is 35.5. The lowest BCUT2D eigenvalue weighted by atomic mass is 9.54. The Morgan fingerprint density at radius 3 is 1.71 bits per heavy atom. The summed E-state index contributed by atoms with van der Waals surface area (Å²) in [6.45, 7) is -0.0771. The molecule has 45 heavy (non-hydrogen) atoms. The van der Waals surface area contributed by atoms with Crippen LogP contribution in [0.2, 0.25) is 0 Å². The Kier molecular flexibility index (Phi) is 6.31. The SMILES string of the molecule is O=C(CCN1C(=O)[C@H]2[C@H](C1=O)C1(Cl)c3ccccc3C2(Cl)c2ccccc21)Nc1ccc(Oc2ccc3ccccc3c2)cc1. The molecule has 1 heterocycles. The number of ether oxygens (including phenoxy) is 1. The lowest BCUT2D eigenvalue weighted by Gasteiger charge is -2.54. The van der Waals surface area contributed by atoms with Crippen molar-refractivity contribution in [2.45, 2.75) is 16.2 Å². The van der Waals surface area contributed by atoms with Crippen LogP contribution >= 0.6 is 23.2 Å². The Morgan fingerprint density at radius 1 is 0.667 bits per heavy atom. The minimum absolute atomic E-state index is 0.0727. The maximum atomic E-state index is 14.0. The molecular formula is C37H26Cl2N2O4. The predicted molar refractivity (Wildman–Crippen MR) is 174 cm³/mol. The zero-order chi connectivity index (χ0) is 30.9. The molecule has 0 spiro atoms. The highest BCUT2D eigenvalue weighted by Crippen LogP contribution is 2.69. The van der Waals surface area contributed by atoms with Crippen LogP contribution in [0, 0.1) is 11.8 Å². The van der Waals surface area contributed by atoms with Gasteiger partial charge in [0.25, 0.3) is 0 Å². The van der Waals surface area contributed by atoms with Crippen molar-refractivity contribution in [1.29, 1.82) is 0 Å². The molecule has 3 aliphatic carbocycles. The van der Waals surface area contributed by atoms with Gasteiger partial charge in [0.05, 0.1) is 11.8 Å². The zero-order valence-corrected chi connectivity index (χ0v) is 25.4. The minimum Gasteiger partial charge on any atom is -0.457 e. The van der Waals surface area contributed by atoms with E-state index >= 15 is 0 Å². The zero-order valence-electron chi connectivity index (χ0n) is 23.9. The average molecular weight is 634 g/mol. The molecule has 0 aromatic heterocycles. The van der Waals surface area contributed by atoms with Gasteiger partial charge in [-0.25, -0.2) is 0 Å². The van der Waals surface area contributed by atoms with Crippen LogP contribution in [0.15, 0.2) is 115 Å². The molecule has 1 N–H and O–H groups in total. The summed E-state index contributed by atoms with van der Waals surface area (Å²) >= 11 is 14.9. The third-order valence-corrected chi connectivity index (χ3v) is 10.6. The van der Waals surface area contributed by atoms with Gasteiger partial charge in [-0.2, -0.15) is 0 Å². The second-order valence-corrected chi connectivity index (χ2v) is 12.9. The highest BCUT2D eigenvalue weighted by molar-refractivity contribution is 6.36. The van der Waals surface area contributed by atoms with Crippen molar-refractivity contribution in [2.75, 3.05) is 11.9 Å². The van der Waals surface area contributed by atoms with E-state index in [0.29, 0.717) is 17.2 Å². The van der Waals surface area contributed by atoms with Gasteiger partial charge in [0.15, 0.2) is 0 Å². The first-order valence-corrected chi connectivity index (χ1v) is 15.6. The summed E-state index contributed by atoms with van der Waals surface area (Å²) in [6, 6.07) is 36.0. The fourth-order valence-corrected chi connectivity index (χ4v) is 8.45. The van der Waals surface area contributed by atoms with Crippen molar-refractivity contribution in [3.05, 3.63) is 138 Å². The first kappa shape index (κ1) is 27.9. The number of hydrogen-bond donors (Lipinski definition) is 1. The van der Waals surface area contributed by atoms with E-state index in [1.54, 1.807) is 24.3 Å². The molecule has 4 aliphatic rings. The van der Waals surface area contributed by atoms with Gasteiger partial charge >= 0.3 is 0 Å². The van der Waals surface area contributed by atoms with Gasteiger partial charge in [-0.1, -0.05) is 78.9 Å². The van der Waals surface area contributed by atoms with Gasteiger partial charge in [-0.3, -0.25) is 19.3 Å². The van der Waals surface area contributed by atoms with Gasteiger partial charge in [0, 0.05) is 18.7 Å². The first-order chi connectivity index (χ1) is 21.8. The third kappa shape index (κ3) is 4.06. The topological polar surface area (TPSA) is 75.7 Å². The van der Waals surface area contributed by atoms with Crippen molar-refractivity contribution >= 4 is 57.4 Å². The van der Waals surface area contributed by atoms with E-state index in [0.717, 1.165) is 33.0 Å². The van der Waals surface area contributed by atoms with Crippen LogP contribution in [0.3, 0.4) is 0 Å². The molecule has 222 valence electrons. The molecule has 5 aromatic carbocycles. The number of anilines is 1. The molecule has 3 amide bonds. The van der Waals surface area contributed by atoms with Gasteiger partial charge in [-0.05, 0) is 69.4 Å². The molecule has 0 unspecified atom stereocenters. The third-order valence-electron chi connectivity index (χ3n) is 9.33. The summed E-state index contributed by atoms with van der Waals surface area (Å²) in [5.74, 6) is -1.57. The fourth-order valence-electron chi connectivity index (χ4n) is 7.36. The molecule has 9 rings (SSSR count). The van der Waals surface area contributed by atoms with Crippen molar-refractivity contribution in [2.24, 2.45) is 11.8 Å².